The Bertz CT molecular complexity index is 935. The number of aliphatic imine (C=N–C) groups is 1. The minimum absolute atomic E-state index is 0.0809. The van der Waals surface area contributed by atoms with Crippen molar-refractivity contribution in [2.75, 3.05) is 14.1 Å². The van der Waals surface area contributed by atoms with Gasteiger partial charge in [0.25, 0.3) is 11.6 Å². The van der Waals surface area contributed by atoms with E-state index in [-0.39, 0.29) is 11.6 Å². The van der Waals surface area contributed by atoms with Crippen LogP contribution in [0.5, 0.6) is 0 Å². The average Bonchev–Trinajstić information content (AvgIpc) is 3.15. The quantitative estimate of drug-likeness (QED) is 0.457. The van der Waals surface area contributed by atoms with E-state index in [4.69, 9.17) is 16.0 Å². The largest absolute Gasteiger partial charge is 0.457 e. The number of amides is 1. The first-order valence-electron chi connectivity index (χ1n) is 7.09. The van der Waals surface area contributed by atoms with Gasteiger partial charge < -0.3 is 4.42 Å². The van der Waals surface area contributed by atoms with Crippen LogP contribution in [0, 0.1) is 10.1 Å². The zero-order valence-electron chi connectivity index (χ0n) is 13.2. The Hall–Kier alpha value is -2.58. The molecule has 0 atom stereocenters. The second kappa shape index (κ2) is 6.73. The van der Waals surface area contributed by atoms with Crippen LogP contribution in [0.4, 0.5) is 5.69 Å². The zero-order chi connectivity index (χ0) is 18.1. The maximum atomic E-state index is 12.1. The van der Waals surface area contributed by atoms with Crippen LogP contribution in [0.2, 0.25) is 5.02 Å². The normalized spacial score (nSPS) is 17.7. The van der Waals surface area contributed by atoms with Crippen LogP contribution >= 0.6 is 23.4 Å². The number of hydrogen-bond donors (Lipinski definition) is 0. The van der Waals surface area contributed by atoms with E-state index in [9.17, 15) is 14.9 Å². The van der Waals surface area contributed by atoms with E-state index in [0.717, 1.165) is 0 Å². The summed E-state index contributed by atoms with van der Waals surface area (Å²) < 4.78 is 5.69. The van der Waals surface area contributed by atoms with Crippen LogP contribution < -0.4 is 0 Å². The van der Waals surface area contributed by atoms with Gasteiger partial charge in [0.05, 0.1) is 14.9 Å². The number of benzene rings is 1. The van der Waals surface area contributed by atoms with Gasteiger partial charge in [0.1, 0.15) is 11.5 Å². The van der Waals surface area contributed by atoms with Crippen molar-refractivity contribution in [3.05, 3.63) is 56.1 Å². The molecule has 0 bridgehead atoms. The molecule has 9 heteroatoms. The van der Waals surface area contributed by atoms with Gasteiger partial charge in [-0.3, -0.25) is 24.8 Å². The molecule has 1 amide bonds. The number of amidine groups is 1. The lowest BCUT2D eigenvalue weighted by atomic mass is 10.1. The van der Waals surface area contributed by atoms with Crippen LogP contribution in [-0.4, -0.2) is 35.0 Å². The third-order valence-electron chi connectivity index (χ3n) is 3.52. The first-order chi connectivity index (χ1) is 11.9. The zero-order valence-corrected chi connectivity index (χ0v) is 14.8. The number of nitro groups is 1. The first-order valence-corrected chi connectivity index (χ1v) is 8.28. The van der Waals surface area contributed by atoms with Gasteiger partial charge in [0.2, 0.25) is 0 Å². The van der Waals surface area contributed by atoms with E-state index in [2.05, 4.69) is 4.99 Å². The maximum Gasteiger partial charge on any atom is 0.270 e. The van der Waals surface area contributed by atoms with Crippen molar-refractivity contribution in [3.8, 4) is 11.3 Å². The molecule has 1 aromatic heterocycles. The fraction of sp³-hybridized carbons (Fsp3) is 0.125. The van der Waals surface area contributed by atoms with E-state index in [1.165, 1.54) is 34.9 Å². The third kappa shape index (κ3) is 3.31. The van der Waals surface area contributed by atoms with E-state index < -0.39 is 4.92 Å². The molecule has 25 heavy (non-hydrogen) atoms. The second-order valence-corrected chi connectivity index (χ2v) is 6.52. The molecule has 1 aliphatic heterocycles. The van der Waals surface area contributed by atoms with Gasteiger partial charge in [-0.2, -0.15) is 0 Å². The van der Waals surface area contributed by atoms with Gasteiger partial charge in [0.15, 0.2) is 5.17 Å². The summed E-state index contributed by atoms with van der Waals surface area (Å²) in [5.74, 6) is 0.657. The van der Waals surface area contributed by atoms with Gasteiger partial charge >= 0.3 is 0 Å². The third-order valence-corrected chi connectivity index (χ3v) is 5.00. The van der Waals surface area contributed by atoms with Crippen LogP contribution in [0.3, 0.4) is 0 Å². The summed E-state index contributed by atoms with van der Waals surface area (Å²) in [6.07, 6.45) is 1.61. The highest BCUT2D eigenvalue weighted by molar-refractivity contribution is 8.18. The van der Waals surface area contributed by atoms with E-state index in [0.29, 0.717) is 32.2 Å². The van der Waals surface area contributed by atoms with E-state index in [1.807, 2.05) is 0 Å². The number of hydrogen-bond acceptors (Lipinski definition) is 6. The van der Waals surface area contributed by atoms with Crippen LogP contribution in [0.1, 0.15) is 5.76 Å². The van der Waals surface area contributed by atoms with Gasteiger partial charge in [0, 0.05) is 37.9 Å². The molecule has 1 aromatic carbocycles. The molecule has 2 aromatic rings. The summed E-state index contributed by atoms with van der Waals surface area (Å²) in [5.41, 5.74) is 0.335. The fourth-order valence-electron chi connectivity index (χ4n) is 2.27. The molecule has 1 saturated heterocycles. The molecular weight excluding hydrogens is 366 g/mol. The smallest absolute Gasteiger partial charge is 0.270 e. The van der Waals surface area contributed by atoms with Crippen molar-refractivity contribution >= 4 is 46.2 Å². The molecule has 2 heterocycles. The Morgan fingerprint density at radius 3 is 2.76 bits per heavy atom. The van der Waals surface area contributed by atoms with Crippen molar-refractivity contribution in [3.63, 3.8) is 0 Å². The Morgan fingerprint density at radius 1 is 1.36 bits per heavy atom. The van der Waals surface area contributed by atoms with Crippen molar-refractivity contribution in [1.29, 1.82) is 0 Å². The number of nitrogens with zero attached hydrogens (tertiary/aromatic N) is 3. The number of carbonyl (C=O) groups is 1. The van der Waals surface area contributed by atoms with E-state index in [1.54, 1.807) is 32.3 Å². The highest BCUT2D eigenvalue weighted by Crippen LogP contribution is 2.35. The van der Waals surface area contributed by atoms with Crippen molar-refractivity contribution in [2.24, 2.45) is 4.99 Å². The highest BCUT2D eigenvalue weighted by atomic mass is 35.5. The lowest BCUT2D eigenvalue weighted by Crippen LogP contribution is -2.23. The predicted molar refractivity (Wildman–Crippen MR) is 97.5 cm³/mol. The van der Waals surface area contributed by atoms with Crippen molar-refractivity contribution in [2.45, 2.75) is 0 Å². The van der Waals surface area contributed by atoms with Gasteiger partial charge in [-0.25, -0.2) is 0 Å². The van der Waals surface area contributed by atoms with E-state index >= 15 is 0 Å². The molecule has 0 saturated carbocycles. The summed E-state index contributed by atoms with van der Waals surface area (Å²) >= 11 is 7.36. The minimum atomic E-state index is -0.499. The fourth-order valence-corrected chi connectivity index (χ4v) is 3.39. The standard InChI is InChI=1S/C16H12ClN3O4S/c1-18-16-19(2)15(21)14(25-16)8-10-4-6-13(24-10)11-7-9(20(22)23)3-5-12(11)17/h3-8H,1-2H3/b14-8-,18-16?. The number of furan rings is 1. The van der Waals surface area contributed by atoms with Crippen molar-refractivity contribution in [1.82, 2.24) is 4.90 Å². The molecule has 0 unspecified atom stereocenters. The first kappa shape index (κ1) is 17.2. The highest BCUT2D eigenvalue weighted by Gasteiger charge is 2.30. The maximum absolute atomic E-state index is 12.1. The van der Waals surface area contributed by atoms with Crippen LogP contribution in [-0.2, 0) is 4.79 Å². The number of thioether (sulfide) groups is 1. The summed E-state index contributed by atoms with van der Waals surface area (Å²) in [6.45, 7) is 0. The Morgan fingerprint density at radius 2 is 2.12 bits per heavy atom. The minimum Gasteiger partial charge on any atom is -0.457 e. The van der Waals surface area contributed by atoms with Crippen LogP contribution in [0.25, 0.3) is 17.4 Å². The number of non-ortho nitro benzene ring substituents is 1. The molecule has 0 radical (unpaired) electrons. The Kier molecular flexibility index (Phi) is 4.65. The Labute approximate surface area is 152 Å². The Balaban J connectivity index is 1.94. The molecule has 0 aliphatic carbocycles. The molecular formula is C16H12ClN3O4S. The molecule has 0 spiro atoms. The molecule has 1 fully saturated rings. The molecule has 3 rings (SSSR count). The second-order valence-electron chi connectivity index (χ2n) is 5.10. The molecule has 0 N–H and O–H groups in total. The number of nitro benzene ring substituents is 1. The summed E-state index contributed by atoms with van der Waals surface area (Å²) in [7, 11) is 3.26. The monoisotopic (exact) mass is 377 g/mol. The lowest BCUT2D eigenvalue weighted by molar-refractivity contribution is -0.384. The van der Waals surface area contributed by atoms with Gasteiger partial charge in [-0.15, -0.1) is 0 Å². The number of carbonyl (C=O) groups excluding carboxylic acids is 1. The molecule has 1 aliphatic rings. The topological polar surface area (TPSA) is 89.0 Å². The number of halogens is 1. The summed E-state index contributed by atoms with van der Waals surface area (Å²) in [5, 5.41) is 11.9. The SMILES string of the molecule is CN=C1S/C(=C\c2ccc(-c3cc([N+](=O)[O-])ccc3Cl)o2)C(=O)N1C. The van der Waals surface area contributed by atoms with Gasteiger partial charge in [-0.1, -0.05) is 11.6 Å². The molecule has 128 valence electrons. The van der Waals surface area contributed by atoms with Crippen molar-refractivity contribution < 1.29 is 14.1 Å². The van der Waals surface area contributed by atoms with Crippen LogP contribution in [0.15, 0.2) is 44.6 Å². The summed E-state index contributed by atoms with van der Waals surface area (Å²) in [6, 6.07) is 7.45. The summed E-state index contributed by atoms with van der Waals surface area (Å²) in [4.78, 5) is 28.5. The number of likely N-dealkylation sites (N-methyl/N-ethyl adjacent to an activating group) is 1. The van der Waals surface area contributed by atoms with Gasteiger partial charge in [-0.05, 0) is 30.0 Å². The predicted octanol–water partition coefficient (Wildman–Crippen LogP) is 4.04. The average molecular weight is 378 g/mol. The lowest BCUT2D eigenvalue weighted by Gasteiger charge is -2.04. The number of rotatable bonds is 3. The molecule has 7 nitrogen and oxygen atoms in total.